The Morgan fingerprint density at radius 1 is 1.37 bits per heavy atom. The SMILES string of the molecule is CC(C)[C@@H](NC(=O)Nc1cc(Br)ccc1I)C(=O)O. The molecular weight excluding hydrogens is 427 g/mol. The summed E-state index contributed by atoms with van der Waals surface area (Å²) < 4.78 is 1.70. The van der Waals surface area contributed by atoms with Crippen molar-refractivity contribution in [2.75, 3.05) is 5.32 Å². The van der Waals surface area contributed by atoms with Gasteiger partial charge in [-0.05, 0) is 46.7 Å². The molecule has 0 aliphatic carbocycles. The van der Waals surface area contributed by atoms with E-state index in [9.17, 15) is 9.59 Å². The smallest absolute Gasteiger partial charge is 0.326 e. The summed E-state index contributed by atoms with van der Waals surface area (Å²) in [7, 11) is 0. The fraction of sp³-hybridized carbons (Fsp3) is 0.333. The number of urea groups is 1. The van der Waals surface area contributed by atoms with Crippen LogP contribution in [-0.4, -0.2) is 23.1 Å². The molecule has 1 aromatic carbocycles. The van der Waals surface area contributed by atoms with E-state index in [4.69, 9.17) is 5.11 Å². The number of carbonyl (C=O) groups is 2. The predicted molar refractivity (Wildman–Crippen MR) is 85.3 cm³/mol. The Bertz CT molecular complexity index is 494. The maximum absolute atomic E-state index is 11.8. The first kappa shape index (κ1) is 16.2. The van der Waals surface area contributed by atoms with Crippen LogP contribution in [-0.2, 0) is 4.79 Å². The number of amides is 2. The van der Waals surface area contributed by atoms with E-state index in [1.165, 1.54) is 0 Å². The van der Waals surface area contributed by atoms with Crippen molar-refractivity contribution in [1.29, 1.82) is 0 Å². The van der Waals surface area contributed by atoms with E-state index in [-0.39, 0.29) is 5.92 Å². The van der Waals surface area contributed by atoms with Crippen molar-refractivity contribution in [3.8, 4) is 0 Å². The van der Waals surface area contributed by atoms with E-state index < -0.39 is 18.0 Å². The Balaban J connectivity index is 2.74. The second-order valence-electron chi connectivity index (χ2n) is 4.28. The molecule has 1 atom stereocenters. The highest BCUT2D eigenvalue weighted by Crippen LogP contribution is 2.22. The third kappa shape index (κ3) is 4.98. The van der Waals surface area contributed by atoms with E-state index in [1.54, 1.807) is 19.9 Å². The van der Waals surface area contributed by atoms with Gasteiger partial charge in [0.25, 0.3) is 0 Å². The molecule has 0 aromatic heterocycles. The molecule has 0 radical (unpaired) electrons. The molecule has 0 saturated carbocycles. The van der Waals surface area contributed by atoms with Crippen LogP contribution in [0.2, 0.25) is 0 Å². The lowest BCUT2D eigenvalue weighted by molar-refractivity contribution is -0.140. The normalized spacial score (nSPS) is 12.1. The average Bonchev–Trinajstić information content (AvgIpc) is 2.30. The molecule has 1 rings (SSSR count). The molecule has 0 heterocycles. The molecule has 0 unspecified atom stereocenters. The highest BCUT2D eigenvalue weighted by molar-refractivity contribution is 14.1. The number of halogens is 2. The number of rotatable bonds is 4. The first-order valence-electron chi connectivity index (χ1n) is 5.56. The summed E-state index contributed by atoms with van der Waals surface area (Å²) in [4.78, 5) is 22.8. The van der Waals surface area contributed by atoms with Gasteiger partial charge < -0.3 is 15.7 Å². The summed E-state index contributed by atoms with van der Waals surface area (Å²) in [6.07, 6.45) is 0. The summed E-state index contributed by atoms with van der Waals surface area (Å²) in [5.74, 6) is -1.24. The van der Waals surface area contributed by atoms with Gasteiger partial charge >= 0.3 is 12.0 Å². The van der Waals surface area contributed by atoms with Gasteiger partial charge in [-0.25, -0.2) is 9.59 Å². The molecule has 0 aliphatic heterocycles. The number of carboxylic acids is 1. The van der Waals surface area contributed by atoms with Crippen molar-refractivity contribution in [3.05, 3.63) is 26.2 Å². The highest BCUT2D eigenvalue weighted by atomic mass is 127. The van der Waals surface area contributed by atoms with Gasteiger partial charge in [-0.2, -0.15) is 0 Å². The van der Waals surface area contributed by atoms with Crippen molar-refractivity contribution < 1.29 is 14.7 Å². The van der Waals surface area contributed by atoms with Crippen molar-refractivity contribution in [2.24, 2.45) is 5.92 Å². The van der Waals surface area contributed by atoms with Gasteiger partial charge in [0.05, 0.1) is 5.69 Å². The summed E-state index contributed by atoms with van der Waals surface area (Å²) in [6, 6.07) is 4.02. The largest absolute Gasteiger partial charge is 0.480 e. The second kappa shape index (κ2) is 7.09. The van der Waals surface area contributed by atoms with Gasteiger partial charge in [-0.3, -0.25) is 0 Å². The van der Waals surface area contributed by atoms with Gasteiger partial charge in [-0.1, -0.05) is 29.8 Å². The van der Waals surface area contributed by atoms with Crippen molar-refractivity contribution in [1.82, 2.24) is 5.32 Å². The lowest BCUT2D eigenvalue weighted by Gasteiger charge is -2.18. The molecular formula is C12H14BrIN2O3. The average molecular weight is 441 g/mol. The zero-order valence-electron chi connectivity index (χ0n) is 10.4. The van der Waals surface area contributed by atoms with E-state index in [2.05, 4.69) is 49.2 Å². The molecule has 3 N–H and O–H groups in total. The Morgan fingerprint density at radius 2 is 2.00 bits per heavy atom. The summed E-state index contributed by atoms with van der Waals surface area (Å²) in [6.45, 7) is 3.48. The third-order valence-corrected chi connectivity index (χ3v) is 3.83. The standard InChI is InChI=1S/C12H14BrIN2O3/c1-6(2)10(11(17)18)16-12(19)15-9-5-7(13)3-4-8(9)14/h3-6,10H,1-2H3,(H,17,18)(H2,15,16,19)/t10-/m1/s1. The zero-order valence-corrected chi connectivity index (χ0v) is 14.1. The van der Waals surface area contributed by atoms with Crippen molar-refractivity contribution in [2.45, 2.75) is 19.9 Å². The summed E-state index contributed by atoms with van der Waals surface area (Å²) in [5, 5.41) is 14.1. The van der Waals surface area contributed by atoms with E-state index in [0.29, 0.717) is 5.69 Å². The summed E-state index contributed by atoms with van der Waals surface area (Å²) >= 11 is 5.41. The quantitative estimate of drug-likeness (QED) is 0.628. The van der Waals surface area contributed by atoms with Crippen LogP contribution in [0.4, 0.5) is 10.5 Å². The van der Waals surface area contributed by atoms with E-state index >= 15 is 0 Å². The minimum Gasteiger partial charge on any atom is -0.480 e. The topological polar surface area (TPSA) is 78.4 Å². The molecule has 104 valence electrons. The number of anilines is 1. The minimum atomic E-state index is -1.05. The maximum atomic E-state index is 11.8. The fourth-order valence-electron chi connectivity index (χ4n) is 1.41. The van der Waals surface area contributed by atoms with Gasteiger partial charge in [0, 0.05) is 8.04 Å². The molecule has 0 aliphatic rings. The molecule has 19 heavy (non-hydrogen) atoms. The second-order valence-corrected chi connectivity index (χ2v) is 6.36. The zero-order chi connectivity index (χ0) is 14.6. The Hall–Kier alpha value is -0.830. The number of aliphatic carboxylic acids is 1. The molecule has 7 heteroatoms. The Labute approximate surface area is 133 Å². The molecule has 1 aromatic rings. The Kier molecular flexibility index (Phi) is 6.05. The van der Waals surface area contributed by atoms with Gasteiger partial charge in [-0.15, -0.1) is 0 Å². The maximum Gasteiger partial charge on any atom is 0.326 e. The number of carboxylic acid groups (broad SMARTS) is 1. The van der Waals surface area contributed by atoms with Gasteiger partial charge in [0.1, 0.15) is 6.04 Å². The number of hydrogen-bond donors (Lipinski definition) is 3. The van der Waals surface area contributed by atoms with Gasteiger partial charge in [0.15, 0.2) is 0 Å². The van der Waals surface area contributed by atoms with Crippen LogP contribution in [0, 0.1) is 9.49 Å². The number of carbonyl (C=O) groups excluding carboxylic acids is 1. The molecule has 2 amide bonds. The number of hydrogen-bond acceptors (Lipinski definition) is 2. The summed E-state index contributed by atoms with van der Waals surface area (Å²) in [5.41, 5.74) is 0.625. The van der Waals surface area contributed by atoms with Crippen molar-refractivity contribution >= 4 is 56.2 Å². The molecule has 0 fully saturated rings. The molecule has 0 saturated heterocycles. The van der Waals surface area contributed by atoms with E-state index in [1.807, 2.05) is 12.1 Å². The van der Waals surface area contributed by atoms with Crippen LogP contribution in [0.25, 0.3) is 0 Å². The minimum absolute atomic E-state index is 0.190. The van der Waals surface area contributed by atoms with Crippen LogP contribution in [0.15, 0.2) is 22.7 Å². The van der Waals surface area contributed by atoms with Crippen LogP contribution >= 0.6 is 38.5 Å². The lowest BCUT2D eigenvalue weighted by atomic mass is 10.1. The van der Waals surface area contributed by atoms with E-state index in [0.717, 1.165) is 8.04 Å². The van der Waals surface area contributed by atoms with Crippen LogP contribution in [0.3, 0.4) is 0 Å². The molecule has 0 bridgehead atoms. The molecule has 5 nitrogen and oxygen atoms in total. The highest BCUT2D eigenvalue weighted by Gasteiger charge is 2.23. The lowest BCUT2D eigenvalue weighted by Crippen LogP contribution is -2.46. The fourth-order valence-corrected chi connectivity index (χ4v) is 2.24. The predicted octanol–water partition coefficient (Wildman–Crippen LogP) is 3.28. The molecule has 0 spiro atoms. The first-order chi connectivity index (χ1) is 8.81. The van der Waals surface area contributed by atoms with Crippen molar-refractivity contribution in [3.63, 3.8) is 0 Å². The Morgan fingerprint density at radius 3 is 2.53 bits per heavy atom. The monoisotopic (exact) mass is 440 g/mol. The third-order valence-electron chi connectivity index (χ3n) is 2.40. The number of benzene rings is 1. The number of nitrogens with one attached hydrogen (secondary N) is 2. The van der Waals surface area contributed by atoms with Crippen LogP contribution < -0.4 is 10.6 Å². The first-order valence-corrected chi connectivity index (χ1v) is 7.43. The van der Waals surface area contributed by atoms with Gasteiger partial charge in [0.2, 0.25) is 0 Å². The van der Waals surface area contributed by atoms with Crippen LogP contribution in [0.5, 0.6) is 0 Å². The van der Waals surface area contributed by atoms with Crippen LogP contribution in [0.1, 0.15) is 13.8 Å².